The third kappa shape index (κ3) is 1.97. The van der Waals surface area contributed by atoms with Gasteiger partial charge in [0.15, 0.2) is 0 Å². The highest BCUT2D eigenvalue weighted by Gasteiger charge is 2.10. The van der Waals surface area contributed by atoms with Gasteiger partial charge in [0.2, 0.25) is 0 Å². The standard InChI is InChI=1S/C15H14N4/c1-9-7-10-3-2-6-18-14(10)12(8-9)11-4-5-13(16)19-15(11)17/h2-8H,1H3,(H4,16,17,19). The summed E-state index contributed by atoms with van der Waals surface area (Å²) in [6.07, 6.45) is 1.78. The fraction of sp³-hybridized carbons (Fsp3) is 0.0667. The van der Waals surface area contributed by atoms with Crippen molar-refractivity contribution in [2.75, 3.05) is 11.5 Å². The van der Waals surface area contributed by atoms with Gasteiger partial charge in [-0.2, -0.15) is 0 Å². The highest BCUT2D eigenvalue weighted by atomic mass is 14.9. The predicted octanol–water partition coefficient (Wildman–Crippen LogP) is 2.77. The minimum Gasteiger partial charge on any atom is -0.384 e. The second-order valence-electron chi connectivity index (χ2n) is 4.56. The highest BCUT2D eigenvalue weighted by Crippen LogP contribution is 2.31. The molecule has 0 aliphatic carbocycles. The van der Waals surface area contributed by atoms with E-state index >= 15 is 0 Å². The first-order chi connectivity index (χ1) is 9.15. The van der Waals surface area contributed by atoms with E-state index in [2.05, 4.69) is 29.0 Å². The molecule has 0 aliphatic rings. The summed E-state index contributed by atoms with van der Waals surface area (Å²) in [4.78, 5) is 8.56. The molecule has 4 N–H and O–H groups in total. The van der Waals surface area contributed by atoms with Crippen molar-refractivity contribution in [3.63, 3.8) is 0 Å². The van der Waals surface area contributed by atoms with Crippen LogP contribution in [-0.2, 0) is 0 Å². The van der Waals surface area contributed by atoms with E-state index < -0.39 is 0 Å². The van der Waals surface area contributed by atoms with Crippen LogP contribution < -0.4 is 11.5 Å². The number of nitrogens with zero attached hydrogens (tertiary/aromatic N) is 2. The van der Waals surface area contributed by atoms with Crippen LogP contribution >= 0.6 is 0 Å². The average molecular weight is 250 g/mol. The summed E-state index contributed by atoms with van der Waals surface area (Å²) in [6.45, 7) is 2.05. The number of pyridine rings is 2. The van der Waals surface area contributed by atoms with E-state index in [1.807, 2.05) is 18.2 Å². The molecule has 0 amide bonds. The molecule has 4 nitrogen and oxygen atoms in total. The minimum atomic E-state index is 0.422. The van der Waals surface area contributed by atoms with Crippen molar-refractivity contribution in [1.82, 2.24) is 9.97 Å². The number of nitrogens with two attached hydrogens (primary N) is 2. The zero-order chi connectivity index (χ0) is 13.4. The second kappa shape index (κ2) is 4.24. The van der Waals surface area contributed by atoms with Crippen molar-refractivity contribution in [1.29, 1.82) is 0 Å². The SMILES string of the molecule is Cc1cc(-c2ccc(N)nc2N)c2ncccc2c1. The lowest BCUT2D eigenvalue weighted by Gasteiger charge is -2.10. The van der Waals surface area contributed by atoms with Crippen LogP contribution in [0.25, 0.3) is 22.0 Å². The minimum absolute atomic E-state index is 0.422. The lowest BCUT2D eigenvalue weighted by molar-refractivity contribution is 1.33. The van der Waals surface area contributed by atoms with Gasteiger partial charge < -0.3 is 11.5 Å². The maximum Gasteiger partial charge on any atom is 0.133 e. The Hall–Kier alpha value is -2.62. The van der Waals surface area contributed by atoms with Crippen LogP contribution in [0.15, 0.2) is 42.6 Å². The van der Waals surface area contributed by atoms with E-state index in [1.54, 1.807) is 12.3 Å². The molecule has 1 aromatic carbocycles. The monoisotopic (exact) mass is 250 g/mol. The molecule has 3 aromatic rings. The van der Waals surface area contributed by atoms with Gasteiger partial charge in [-0.25, -0.2) is 4.98 Å². The normalized spacial score (nSPS) is 10.8. The van der Waals surface area contributed by atoms with E-state index in [4.69, 9.17) is 11.5 Å². The zero-order valence-corrected chi connectivity index (χ0v) is 10.6. The third-order valence-corrected chi connectivity index (χ3v) is 3.09. The van der Waals surface area contributed by atoms with Crippen LogP contribution in [0.3, 0.4) is 0 Å². The lowest BCUT2D eigenvalue weighted by Crippen LogP contribution is -1.99. The predicted molar refractivity (Wildman–Crippen MR) is 78.5 cm³/mol. The quantitative estimate of drug-likeness (QED) is 0.696. The molecule has 3 rings (SSSR count). The van der Waals surface area contributed by atoms with Gasteiger partial charge in [-0.15, -0.1) is 0 Å². The smallest absolute Gasteiger partial charge is 0.133 e. The molecule has 2 aromatic heterocycles. The van der Waals surface area contributed by atoms with E-state index in [0.29, 0.717) is 11.6 Å². The Bertz CT molecular complexity index is 765. The zero-order valence-electron chi connectivity index (χ0n) is 10.6. The van der Waals surface area contributed by atoms with Crippen LogP contribution in [-0.4, -0.2) is 9.97 Å². The second-order valence-corrected chi connectivity index (χ2v) is 4.56. The Morgan fingerprint density at radius 2 is 1.84 bits per heavy atom. The molecule has 0 aliphatic heterocycles. The van der Waals surface area contributed by atoms with Crippen molar-refractivity contribution < 1.29 is 0 Å². The van der Waals surface area contributed by atoms with Crippen molar-refractivity contribution in [2.24, 2.45) is 0 Å². The number of fused-ring (bicyclic) bond motifs is 1. The Kier molecular flexibility index (Phi) is 2.56. The van der Waals surface area contributed by atoms with Gasteiger partial charge in [-0.1, -0.05) is 6.07 Å². The Morgan fingerprint density at radius 1 is 1.00 bits per heavy atom. The van der Waals surface area contributed by atoms with Gasteiger partial charge in [0.1, 0.15) is 11.6 Å². The van der Waals surface area contributed by atoms with Gasteiger partial charge in [0.05, 0.1) is 5.52 Å². The van der Waals surface area contributed by atoms with Gasteiger partial charge in [-0.05, 0) is 42.8 Å². The molecule has 0 saturated carbocycles. The van der Waals surface area contributed by atoms with Crippen LogP contribution in [0.4, 0.5) is 11.6 Å². The average Bonchev–Trinajstić information content (AvgIpc) is 2.38. The topological polar surface area (TPSA) is 77.8 Å². The highest BCUT2D eigenvalue weighted by molar-refractivity contribution is 5.96. The van der Waals surface area contributed by atoms with Gasteiger partial charge in [0.25, 0.3) is 0 Å². The van der Waals surface area contributed by atoms with Crippen molar-refractivity contribution >= 4 is 22.5 Å². The summed E-state index contributed by atoms with van der Waals surface area (Å²) in [5, 5.41) is 1.09. The Morgan fingerprint density at radius 3 is 2.63 bits per heavy atom. The molecule has 4 heteroatoms. The summed E-state index contributed by atoms with van der Waals surface area (Å²) in [7, 11) is 0. The summed E-state index contributed by atoms with van der Waals surface area (Å²) in [5.74, 6) is 0.851. The first-order valence-electron chi connectivity index (χ1n) is 6.03. The van der Waals surface area contributed by atoms with E-state index in [-0.39, 0.29) is 0 Å². The van der Waals surface area contributed by atoms with Gasteiger partial charge >= 0.3 is 0 Å². The molecule has 0 unspecified atom stereocenters. The number of hydrogen-bond acceptors (Lipinski definition) is 4. The number of nitrogen functional groups attached to an aromatic ring is 2. The maximum atomic E-state index is 5.98. The first kappa shape index (κ1) is 11.5. The molecule has 0 spiro atoms. The molecule has 94 valence electrons. The molecule has 0 atom stereocenters. The van der Waals surface area contributed by atoms with Crippen LogP contribution in [0.1, 0.15) is 5.56 Å². The maximum absolute atomic E-state index is 5.98. The molecule has 0 saturated heterocycles. The number of hydrogen-bond donors (Lipinski definition) is 2. The van der Waals surface area contributed by atoms with Crippen LogP contribution in [0, 0.1) is 6.92 Å². The van der Waals surface area contributed by atoms with Crippen LogP contribution in [0.5, 0.6) is 0 Å². The van der Waals surface area contributed by atoms with Crippen molar-refractivity contribution in [3.8, 4) is 11.1 Å². The molecular weight excluding hydrogens is 236 g/mol. The number of aromatic nitrogens is 2. The molecule has 19 heavy (non-hydrogen) atoms. The largest absolute Gasteiger partial charge is 0.384 e. The molecule has 0 radical (unpaired) electrons. The fourth-order valence-corrected chi connectivity index (χ4v) is 2.27. The third-order valence-electron chi connectivity index (χ3n) is 3.09. The molecule has 0 fully saturated rings. The first-order valence-corrected chi connectivity index (χ1v) is 6.03. The lowest BCUT2D eigenvalue weighted by atomic mass is 10.00. The van der Waals surface area contributed by atoms with Crippen LogP contribution in [0.2, 0.25) is 0 Å². The summed E-state index contributed by atoms with van der Waals surface area (Å²) in [5.41, 5.74) is 15.5. The summed E-state index contributed by atoms with van der Waals surface area (Å²) in [6, 6.07) is 11.8. The summed E-state index contributed by atoms with van der Waals surface area (Å²) >= 11 is 0. The van der Waals surface area contributed by atoms with E-state index in [0.717, 1.165) is 27.6 Å². The number of aryl methyl sites for hydroxylation is 1. The molecule has 0 bridgehead atoms. The number of benzene rings is 1. The number of anilines is 2. The fourth-order valence-electron chi connectivity index (χ4n) is 2.27. The van der Waals surface area contributed by atoms with E-state index in [1.165, 1.54) is 0 Å². The Balaban J connectivity index is 2.35. The van der Waals surface area contributed by atoms with E-state index in [9.17, 15) is 0 Å². The number of rotatable bonds is 1. The molecular formula is C15H14N4. The van der Waals surface area contributed by atoms with Gasteiger partial charge in [0, 0.05) is 22.7 Å². The van der Waals surface area contributed by atoms with Crippen molar-refractivity contribution in [3.05, 3.63) is 48.2 Å². The Labute approximate surface area is 111 Å². The van der Waals surface area contributed by atoms with Crippen molar-refractivity contribution in [2.45, 2.75) is 6.92 Å². The van der Waals surface area contributed by atoms with Gasteiger partial charge in [-0.3, -0.25) is 4.98 Å². The molecule has 2 heterocycles. The summed E-state index contributed by atoms with van der Waals surface area (Å²) < 4.78 is 0.